The lowest BCUT2D eigenvalue weighted by Crippen LogP contribution is -2.01. The molecular formula is C14H9ClN2O. The van der Waals surface area contributed by atoms with Crippen molar-refractivity contribution < 1.29 is 4.79 Å². The lowest BCUT2D eigenvalue weighted by atomic mass is 10.1. The number of hydrogen-bond donors (Lipinski definition) is 0. The van der Waals surface area contributed by atoms with Gasteiger partial charge in [-0.1, -0.05) is 17.7 Å². The van der Waals surface area contributed by atoms with Gasteiger partial charge in [0.1, 0.15) is 11.3 Å². The third-order valence-electron chi connectivity index (χ3n) is 2.70. The van der Waals surface area contributed by atoms with Gasteiger partial charge in [-0.3, -0.25) is 4.79 Å². The summed E-state index contributed by atoms with van der Waals surface area (Å²) >= 11 is 5.80. The molecule has 0 atom stereocenters. The monoisotopic (exact) mass is 256 g/mol. The van der Waals surface area contributed by atoms with Crippen LogP contribution < -0.4 is 0 Å². The Morgan fingerprint density at radius 2 is 1.89 bits per heavy atom. The zero-order valence-electron chi connectivity index (χ0n) is 9.38. The molecule has 0 unspecified atom stereocenters. The van der Waals surface area contributed by atoms with Crippen LogP contribution in [0.5, 0.6) is 0 Å². The maximum absolute atomic E-state index is 12.2. The topological polar surface area (TPSA) is 34.4 Å². The van der Waals surface area contributed by atoms with Crippen LogP contribution in [0, 0.1) is 0 Å². The van der Waals surface area contributed by atoms with E-state index in [0.717, 1.165) is 5.65 Å². The minimum Gasteiger partial charge on any atom is -0.306 e. The van der Waals surface area contributed by atoms with Crippen LogP contribution in [-0.4, -0.2) is 15.2 Å². The van der Waals surface area contributed by atoms with E-state index in [1.807, 2.05) is 28.8 Å². The van der Waals surface area contributed by atoms with Crippen molar-refractivity contribution in [2.24, 2.45) is 0 Å². The van der Waals surface area contributed by atoms with E-state index in [-0.39, 0.29) is 5.78 Å². The molecule has 0 aliphatic carbocycles. The van der Waals surface area contributed by atoms with E-state index < -0.39 is 0 Å². The molecule has 0 aliphatic rings. The van der Waals surface area contributed by atoms with Crippen molar-refractivity contribution in [3.8, 4) is 0 Å². The number of benzene rings is 1. The van der Waals surface area contributed by atoms with Crippen molar-refractivity contribution >= 4 is 23.0 Å². The van der Waals surface area contributed by atoms with Crippen LogP contribution >= 0.6 is 11.6 Å². The highest BCUT2D eigenvalue weighted by Crippen LogP contribution is 2.14. The Labute approximate surface area is 109 Å². The van der Waals surface area contributed by atoms with Gasteiger partial charge >= 0.3 is 0 Å². The number of aromatic nitrogens is 2. The molecule has 0 radical (unpaired) electrons. The number of rotatable bonds is 2. The van der Waals surface area contributed by atoms with Crippen LogP contribution in [0.4, 0.5) is 0 Å². The fourth-order valence-electron chi connectivity index (χ4n) is 1.79. The largest absolute Gasteiger partial charge is 0.306 e. The minimum absolute atomic E-state index is 0.102. The summed E-state index contributed by atoms with van der Waals surface area (Å²) in [5.74, 6) is -0.102. The van der Waals surface area contributed by atoms with E-state index in [0.29, 0.717) is 16.3 Å². The standard InChI is InChI=1S/C14H9ClN2O/c15-11-6-4-10(5-7-11)14(18)12-9-17-8-2-1-3-13(17)16-12/h1-9H. The third-order valence-corrected chi connectivity index (χ3v) is 2.96. The lowest BCUT2D eigenvalue weighted by Gasteiger charge is -1.96. The first kappa shape index (κ1) is 11.0. The Hall–Kier alpha value is -2.13. The molecule has 0 spiro atoms. The molecule has 3 aromatic rings. The second-order valence-corrected chi connectivity index (χ2v) is 4.36. The quantitative estimate of drug-likeness (QED) is 0.660. The van der Waals surface area contributed by atoms with E-state index in [4.69, 9.17) is 11.6 Å². The summed E-state index contributed by atoms with van der Waals surface area (Å²) in [5.41, 5.74) is 1.78. The van der Waals surface area contributed by atoms with Gasteiger partial charge in [-0.25, -0.2) is 4.98 Å². The average molecular weight is 257 g/mol. The Morgan fingerprint density at radius 1 is 1.11 bits per heavy atom. The molecule has 2 heterocycles. The molecule has 0 amide bonds. The predicted molar refractivity (Wildman–Crippen MR) is 70.1 cm³/mol. The summed E-state index contributed by atoms with van der Waals surface area (Å²) in [6.45, 7) is 0. The van der Waals surface area contributed by atoms with Crippen molar-refractivity contribution in [1.29, 1.82) is 0 Å². The Bertz CT molecular complexity index is 683. The second-order valence-electron chi connectivity index (χ2n) is 3.93. The number of nitrogens with zero attached hydrogens (tertiary/aromatic N) is 2. The SMILES string of the molecule is O=C(c1ccc(Cl)cc1)c1cn2ccccc2n1. The highest BCUT2D eigenvalue weighted by Gasteiger charge is 2.12. The van der Waals surface area contributed by atoms with Gasteiger partial charge in [0.2, 0.25) is 5.78 Å². The fourth-order valence-corrected chi connectivity index (χ4v) is 1.92. The Balaban J connectivity index is 2.03. The fraction of sp³-hybridized carbons (Fsp3) is 0. The number of carbonyl (C=O) groups is 1. The average Bonchev–Trinajstić information content (AvgIpc) is 2.82. The van der Waals surface area contributed by atoms with Crippen LogP contribution in [-0.2, 0) is 0 Å². The zero-order valence-corrected chi connectivity index (χ0v) is 10.1. The molecular weight excluding hydrogens is 248 g/mol. The third kappa shape index (κ3) is 1.89. The number of fused-ring (bicyclic) bond motifs is 1. The summed E-state index contributed by atoms with van der Waals surface area (Å²) in [6, 6.07) is 12.4. The molecule has 0 bridgehead atoms. The van der Waals surface area contributed by atoms with Gasteiger partial charge < -0.3 is 4.40 Å². The van der Waals surface area contributed by atoms with Crippen molar-refractivity contribution in [3.05, 3.63) is 71.1 Å². The number of imidazole rings is 1. The van der Waals surface area contributed by atoms with E-state index in [9.17, 15) is 4.79 Å². The summed E-state index contributed by atoms with van der Waals surface area (Å²) in [5, 5.41) is 0.613. The van der Waals surface area contributed by atoms with Gasteiger partial charge in [0.15, 0.2) is 0 Å². The molecule has 0 saturated carbocycles. The summed E-state index contributed by atoms with van der Waals surface area (Å²) in [4.78, 5) is 16.5. The number of hydrogen-bond acceptors (Lipinski definition) is 2. The van der Waals surface area contributed by atoms with Crippen LogP contribution in [0.25, 0.3) is 5.65 Å². The van der Waals surface area contributed by atoms with Crippen molar-refractivity contribution in [2.75, 3.05) is 0 Å². The van der Waals surface area contributed by atoms with E-state index in [2.05, 4.69) is 4.98 Å². The van der Waals surface area contributed by atoms with Crippen LogP contribution in [0.15, 0.2) is 54.9 Å². The maximum Gasteiger partial charge on any atom is 0.212 e. The van der Waals surface area contributed by atoms with Gasteiger partial charge in [0.25, 0.3) is 0 Å². The first-order chi connectivity index (χ1) is 8.74. The van der Waals surface area contributed by atoms with Crippen LogP contribution in [0.3, 0.4) is 0 Å². The van der Waals surface area contributed by atoms with Crippen molar-refractivity contribution in [1.82, 2.24) is 9.38 Å². The number of pyridine rings is 1. The smallest absolute Gasteiger partial charge is 0.212 e. The highest BCUT2D eigenvalue weighted by atomic mass is 35.5. The number of carbonyl (C=O) groups excluding carboxylic acids is 1. The molecule has 0 N–H and O–H groups in total. The van der Waals surface area contributed by atoms with Gasteiger partial charge in [-0.2, -0.15) is 0 Å². The van der Waals surface area contributed by atoms with E-state index in [1.54, 1.807) is 30.5 Å². The molecule has 3 nitrogen and oxygen atoms in total. The van der Waals surface area contributed by atoms with Gasteiger partial charge in [-0.15, -0.1) is 0 Å². The first-order valence-corrected chi connectivity index (χ1v) is 5.86. The molecule has 3 rings (SSSR count). The highest BCUT2D eigenvalue weighted by molar-refractivity contribution is 6.30. The summed E-state index contributed by atoms with van der Waals surface area (Å²) in [7, 11) is 0. The van der Waals surface area contributed by atoms with Gasteiger partial charge in [0.05, 0.1) is 0 Å². The van der Waals surface area contributed by atoms with Crippen LogP contribution in [0.2, 0.25) is 5.02 Å². The number of halogens is 1. The van der Waals surface area contributed by atoms with E-state index in [1.165, 1.54) is 0 Å². The zero-order chi connectivity index (χ0) is 12.5. The van der Waals surface area contributed by atoms with E-state index >= 15 is 0 Å². The van der Waals surface area contributed by atoms with Crippen LogP contribution in [0.1, 0.15) is 16.1 Å². The molecule has 0 saturated heterocycles. The Morgan fingerprint density at radius 3 is 2.61 bits per heavy atom. The number of ketones is 1. The maximum atomic E-state index is 12.2. The van der Waals surface area contributed by atoms with Crippen molar-refractivity contribution in [2.45, 2.75) is 0 Å². The second kappa shape index (κ2) is 4.27. The van der Waals surface area contributed by atoms with Gasteiger partial charge in [-0.05, 0) is 36.4 Å². The summed E-state index contributed by atoms with van der Waals surface area (Å²) < 4.78 is 1.82. The summed E-state index contributed by atoms with van der Waals surface area (Å²) in [6.07, 6.45) is 3.59. The lowest BCUT2D eigenvalue weighted by molar-refractivity contribution is 0.103. The molecule has 18 heavy (non-hydrogen) atoms. The van der Waals surface area contributed by atoms with Gasteiger partial charge in [0, 0.05) is 23.0 Å². The molecule has 1 aromatic carbocycles. The normalized spacial score (nSPS) is 10.7. The molecule has 88 valence electrons. The molecule has 0 aliphatic heterocycles. The first-order valence-electron chi connectivity index (χ1n) is 5.48. The van der Waals surface area contributed by atoms with Crippen molar-refractivity contribution in [3.63, 3.8) is 0 Å². The molecule has 4 heteroatoms. The predicted octanol–water partition coefficient (Wildman–Crippen LogP) is 3.22. The molecule has 0 fully saturated rings. The minimum atomic E-state index is -0.102. The Kier molecular flexibility index (Phi) is 2.61. The molecule has 2 aromatic heterocycles.